The summed E-state index contributed by atoms with van der Waals surface area (Å²) < 4.78 is 6.46. The van der Waals surface area contributed by atoms with Gasteiger partial charge < -0.3 is 4.74 Å². The zero-order valence-electron chi connectivity index (χ0n) is 13.5. The molecule has 0 bridgehead atoms. The predicted molar refractivity (Wildman–Crippen MR) is 100 cm³/mol. The van der Waals surface area contributed by atoms with Crippen molar-refractivity contribution in [2.75, 3.05) is 11.9 Å². The molecule has 4 aromatic rings. The van der Waals surface area contributed by atoms with Gasteiger partial charge in [0.2, 0.25) is 0 Å². The van der Waals surface area contributed by atoms with Gasteiger partial charge in [-0.1, -0.05) is 35.6 Å². The highest BCUT2D eigenvalue weighted by Crippen LogP contribution is 2.29. The number of anilines is 1. The highest BCUT2D eigenvalue weighted by atomic mass is 32.1. The van der Waals surface area contributed by atoms with Gasteiger partial charge in [-0.2, -0.15) is 0 Å². The van der Waals surface area contributed by atoms with Gasteiger partial charge in [0.15, 0.2) is 5.13 Å². The number of fused-ring (bicyclic) bond motifs is 2. The normalized spacial score (nSPS) is 10.9. The molecule has 2 aromatic carbocycles. The summed E-state index contributed by atoms with van der Waals surface area (Å²) in [6, 6.07) is 17.0. The fourth-order valence-electron chi connectivity index (χ4n) is 2.57. The maximum Gasteiger partial charge on any atom is 0.276 e. The van der Waals surface area contributed by atoms with Gasteiger partial charge in [0.05, 0.1) is 22.3 Å². The second-order valence-electron chi connectivity index (χ2n) is 5.42. The van der Waals surface area contributed by atoms with Gasteiger partial charge in [0.25, 0.3) is 5.91 Å². The molecule has 5 nitrogen and oxygen atoms in total. The van der Waals surface area contributed by atoms with E-state index in [9.17, 15) is 4.79 Å². The molecule has 0 saturated carbocycles. The monoisotopic (exact) mass is 349 g/mol. The second kappa shape index (κ2) is 6.49. The van der Waals surface area contributed by atoms with Crippen LogP contribution in [0.1, 0.15) is 17.4 Å². The molecule has 0 spiro atoms. The second-order valence-corrected chi connectivity index (χ2v) is 6.46. The van der Waals surface area contributed by atoms with Crippen LogP contribution in [-0.4, -0.2) is 22.5 Å². The van der Waals surface area contributed by atoms with E-state index in [0.717, 1.165) is 26.9 Å². The number of pyridine rings is 1. The SMILES string of the molecule is CCOc1ccc2nc(NC(=O)c3ccc4ccccc4n3)sc2c1. The number of carbonyl (C=O) groups is 1. The van der Waals surface area contributed by atoms with Crippen molar-refractivity contribution in [2.24, 2.45) is 0 Å². The smallest absolute Gasteiger partial charge is 0.276 e. The molecule has 0 radical (unpaired) electrons. The maximum absolute atomic E-state index is 12.5. The molecule has 25 heavy (non-hydrogen) atoms. The summed E-state index contributed by atoms with van der Waals surface area (Å²) in [7, 11) is 0. The highest BCUT2D eigenvalue weighted by Gasteiger charge is 2.12. The van der Waals surface area contributed by atoms with Gasteiger partial charge in [-0.3, -0.25) is 10.1 Å². The minimum atomic E-state index is -0.269. The summed E-state index contributed by atoms with van der Waals surface area (Å²) in [5.41, 5.74) is 1.99. The molecule has 124 valence electrons. The van der Waals surface area contributed by atoms with E-state index in [-0.39, 0.29) is 5.91 Å². The van der Waals surface area contributed by atoms with Crippen LogP contribution in [0.15, 0.2) is 54.6 Å². The Balaban J connectivity index is 1.59. The van der Waals surface area contributed by atoms with Crippen molar-refractivity contribution in [3.05, 3.63) is 60.3 Å². The summed E-state index contributed by atoms with van der Waals surface area (Å²) in [6.07, 6.45) is 0. The number of hydrogen-bond acceptors (Lipinski definition) is 5. The standard InChI is InChI=1S/C19H15N3O2S/c1-2-24-13-8-10-15-17(11-13)25-19(21-15)22-18(23)16-9-7-12-5-3-4-6-14(12)20-16/h3-11H,2H2,1H3,(H,21,22,23). The number of nitrogens with zero attached hydrogens (tertiary/aromatic N) is 2. The van der Waals surface area contributed by atoms with Gasteiger partial charge in [0.1, 0.15) is 11.4 Å². The first-order valence-electron chi connectivity index (χ1n) is 7.93. The predicted octanol–water partition coefficient (Wildman–Crippen LogP) is 4.50. The average Bonchev–Trinajstić information content (AvgIpc) is 3.03. The molecule has 0 aliphatic carbocycles. The molecule has 0 aliphatic heterocycles. The van der Waals surface area contributed by atoms with E-state index in [2.05, 4.69) is 15.3 Å². The molecule has 6 heteroatoms. The van der Waals surface area contributed by atoms with Crippen molar-refractivity contribution < 1.29 is 9.53 Å². The molecular weight excluding hydrogens is 334 g/mol. The lowest BCUT2D eigenvalue weighted by Gasteiger charge is -2.02. The van der Waals surface area contributed by atoms with Crippen molar-refractivity contribution in [1.82, 2.24) is 9.97 Å². The van der Waals surface area contributed by atoms with Crippen LogP contribution < -0.4 is 10.1 Å². The Morgan fingerprint density at radius 2 is 1.96 bits per heavy atom. The molecule has 0 fully saturated rings. The van der Waals surface area contributed by atoms with Crippen LogP contribution >= 0.6 is 11.3 Å². The van der Waals surface area contributed by atoms with Crippen LogP contribution in [0.5, 0.6) is 5.75 Å². The number of para-hydroxylation sites is 1. The zero-order chi connectivity index (χ0) is 17.2. The first-order chi connectivity index (χ1) is 12.2. The van der Waals surface area contributed by atoms with Crippen molar-refractivity contribution in [3.63, 3.8) is 0 Å². The van der Waals surface area contributed by atoms with Crippen LogP contribution in [0.3, 0.4) is 0 Å². The number of rotatable bonds is 4. The summed E-state index contributed by atoms with van der Waals surface area (Å²) >= 11 is 1.41. The third-order valence-corrected chi connectivity index (χ3v) is 4.66. The van der Waals surface area contributed by atoms with Crippen molar-refractivity contribution >= 4 is 43.5 Å². The Morgan fingerprint density at radius 1 is 1.08 bits per heavy atom. The average molecular weight is 349 g/mol. The summed E-state index contributed by atoms with van der Waals surface area (Å²) in [6.45, 7) is 2.56. The van der Waals surface area contributed by atoms with Crippen molar-refractivity contribution in [1.29, 1.82) is 0 Å². The fourth-order valence-corrected chi connectivity index (χ4v) is 3.46. The lowest BCUT2D eigenvalue weighted by molar-refractivity contribution is 0.102. The lowest BCUT2D eigenvalue weighted by Crippen LogP contribution is -2.13. The highest BCUT2D eigenvalue weighted by molar-refractivity contribution is 7.22. The van der Waals surface area contributed by atoms with Crippen molar-refractivity contribution in [3.8, 4) is 5.75 Å². The van der Waals surface area contributed by atoms with E-state index >= 15 is 0 Å². The molecule has 1 N–H and O–H groups in total. The molecule has 4 rings (SSSR count). The molecule has 0 saturated heterocycles. The first-order valence-corrected chi connectivity index (χ1v) is 8.75. The summed E-state index contributed by atoms with van der Waals surface area (Å²) in [5, 5.41) is 4.38. The van der Waals surface area contributed by atoms with E-state index in [4.69, 9.17) is 4.74 Å². The first kappa shape index (κ1) is 15.5. The van der Waals surface area contributed by atoms with E-state index < -0.39 is 0 Å². The topological polar surface area (TPSA) is 64.1 Å². The number of benzene rings is 2. The zero-order valence-corrected chi connectivity index (χ0v) is 14.3. The van der Waals surface area contributed by atoms with Crippen molar-refractivity contribution in [2.45, 2.75) is 6.92 Å². The molecule has 2 heterocycles. The van der Waals surface area contributed by atoms with E-state index in [1.165, 1.54) is 11.3 Å². The number of nitrogens with one attached hydrogen (secondary N) is 1. The van der Waals surface area contributed by atoms with Crippen LogP contribution in [0.2, 0.25) is 0 Å². The van der Waals surface area contributed by atoms with Gasteiger partial charge in [-0.05, 0) is 37.3 Å². The lowest BCUT2D eigenvalue weighted by atomic mass is 10.2. The third-order valence-electron chi connectivity index (χ3n) is 3.72. The van der Waals surface area contributed by atoms with Crippen LogP contribution in [-0.2, 0) is 0 Å². The van der Waals surface area contributed by atoms with Crippen LogP contribution in [0.4, 0.5) is 5.13 Å². The summed E-state index contributed by atoms with van der Waals surface area (Å²) in [4.78, 5) is 21.3. The fraction of sp³-hybridized carbons (Fsp3) is 0.105. The minimum Gasteiger partial charge on any atom is -0.494 e. The van der Waals surface area contributed by atoms with Gasteiger partial charge >= 0.3 is 0 Å². The van der Waals surface area contributed by atoms with Gasteiger partial charge in [-0.25, -0.2) is 9.97 Å². The Labute approximate surface area is 148 Å². The van der Waals surface area contributed by atoms with Gasteiger partial charge in [0, 0.05) is 5.39 Å². The Bertz CT molecular complexity index is 1070. The number of ether oxygens (including phenoxy) is 1. The van der Waals surface area contributed by atoms with Crippen LogP contribution in [0, 0.1) is 0 Å². The summed E-state index contributed by atoms with van der Waals surface area (Å²) in [5.74, 6) is 0.530. The van der Waals surface area contributed by atoms with Gasteiger partial charge in [-0.15, -0.1) is 0 Å². The number of carbonyl (C=O) groups excluding carboxylic acids is 1. The number of aromatic nitrogens is 2. The number of thiazole rings is 1. The molecule has 0 atom stereocenters. The largest absolute Gasteiger partial charge is 0.494 e. The Hall–Kier alpha value is -2.99. The Kier molecular flexibility index (Phi) is 4.03. The number of amides is 1. The molecule has 1 amide bonds. The molecular formula is C19H15N3O2S. The van der Waals surface area contributed by atoms with Crippen LogP contribution in [0.25, 0.3) is 21.1 Å². The number of hydrogen-bond donors (Lipinski definition) is 1. The Morgan fingerprint density at radius 3 is 2.84 bits per heavy atom. The quantitative estimate of drug-likeness (QED) is 0.589. The van der Waals surface area contributed by atoms with E-state index in [1.54, 1.807) is 6.07 Å². The third kappa shape index (κ3) is 3.16. The van der Waals surface area contributed by atoms with E-state index in [0.29, 0.717) is 17.4 Å². The molecule has 2 aromatic heterocycles. The minimum absolute atomic E-state index is 0.269. The molecule has 0 unspecified atom stereocenters. The van der Waals surface area contributed by atoms with E-state index in [1.807, 2.05) is 55.5 Å². The molecule has 0 aliphatic rings. The maximum atomic E-state index is 12.5.